The zero-order valence-corrected chi connectivity index (χ0v) is 8.26. The van der Waals surface area contributed by atoms with Crippen LogP contribution in [-0.4, -0.2) is 20.7 Å². The molecule has 1 saturated heterocycles. The molecule has 1 unspecified atom stereocenters. The number of allylic oxidation sites excluding steroid dienone is 1. The van der Waals surface area contributed by atoms with Crippen molar-refractivity contribution in [3.8, 4) is 0 Å². The van der Waals surface area contributed by atoms with Crippen LogP contribution in [0.1, 0.15) is 13.3 Å². The van der Waals surface area contributed by atoms with E-state index in [1.54, 1.807) is 6.08 Å². The van der Waals surface area contributed by atoms with E-state index in [1.165, 1.54) is 5.20 Å². The van der Waals surface area contributed by atoms with Crippen molar-refractivity contribution >= 4 is 14.6 Å². The standard InChI is InChI=1S/C8H14O2Si/c1-7-6-8(4-5-9)11(2,3)10-7/h4-5,7H,6H2,1-3H3/b8-4+. The van der Waals surface area contributed by atoms with Gasteiger partial charge in [0.25, 0.3) is 0 Å². The third-order valence-electron chi connectivity index (χ3n) is 2.05. The highest BCUT2D eigenvalue weighted by Gasteiger charge is 2.36. The van der Waals surface area contributed by atoms with E-state index in [2.05, 4.69) is 20.0 Å². The minimum absolute atomic E-state index is 0.308. The Morgan fingerprint density at radius 1 is 1.64 bits per heavy atom. The second-order valence-electron chi connectivity index (χ2n) is 3.47. The van der Waals surface area contributed by atoms with Crippen molar-refractivity contribution in [2.24, 2.45) is 0 Å². The zero-order valence-electron chi connectivity index (χ0n) is 7.26. The van der Waals surface area contributed by atoms with Gasteiger partial charge in [0.15, 0.2) is 0 Å². The summed E-state index contributed by atoms with van der Waals surface area (Å²) in [5, 5.41) is 1.24. The van der Waals surface area contributed by atoms with E-state index in [0.717, 1.165) is 12.7 Å². The van der Waals surface area contributed by atoms with Crippen molar-refractivity contribution < 1.29 is 9.22 Å². The number of hydrogen-bond acceptors (Lipinski definition) is 2. The van der Waals surface area contributed by atoms with E-state index in [9.17, 15) is 4.79 Å². The second kappa shape index (κ2) is 2.91. The van der Waals surface area contributed by atoms with Gasteiger partial charge in [0, 0.05) is 6.10 Å². The third-order valence-corrected chi connectivity index (χ3v) is 4.95. The summed E-state index contributed by atoms with van der Waals surface area (Å²) >= 11 is 0. The molecule has 62 valence electrons. The molecule has 0 aromatic rings. The highest BCUT2D eigenvalue weighted by molar-refractivity contribution is 6.79. The van der Waals surface area contributed by atoms with Crippen molar-refractivity contribution in [2.75, 3.05) is 0 Å². The Hall–Kier alpha value is -0.413. The van der Waals surface area contributed by atoms with Gasteiger partial charge in [0.1, 0.15) is 6.29 Å². The molecule has 0 aliphatic carbocycles. The molecule has 0 radical (unpaired) electrons. The number of carbonyl (C=O) groups excluding carboxylic acids is 1. The molecule has 0 aromatic heterocycles. The molecule has 0 bridgehead atoms. The van der Waals surface area contributed by atoms with Crippen LogP contribution in [0, 0.1) is 0 Å². The maximum Gasteiger partial charge on any atom is 0.214 e. The number of rotatable bonds is 1. The van der Waals surface area contributed by atoms with Crippen molar-refractivity contribution in [3.63, 3.8) is 0 Å². The molecule has 3 heteroatoms. The van der Waals surface area contributed by atoms with Crippen molar-refractivity contribution in [2.45, 2.75) is 32.5 Å². The average molecular weight is 170 g/mol. The van der Waals surface area contributed by atoms with Crippen LogP contribution in [0.2, 0.25) is 13.1 Å². The molecule has 0 spiro atoms. The quantitative estimate of drug-likeness (QED) is 0.340. The first-order chi connectivity index (χ1) is 5.06. The molecular weight excluding hydrogens is 156 g/mol. The molecule has 1 rings (SSSR count). The summed E-state index contributed by atoms with van der Waals surface area (Å²) < 4.78 is 5.73. The highest BCUT2D eigenvalue weighted by atomic mass is 28.4. The Morgan fingerprint density at radius 2 is 2.27 bits per heavy atom. The lowest BCUT2D eigenvalue weighted by Crippen LogP contribution is -2.27. The summed E-state index contributed by atoms with van der Waals surface area (Å²) in [4.78, 5) is 10.2. The Kier molecular flexibility index (Phi) is 2.30. The fraction of sp³-hybridized carbons (Fsp3) is 0.625. The predicted molar refractivity (Wildman–Crippen MR) is 46.8 cm³/mol. The van der Waals surface area contributed by atoms with Crippen LogP contribution in [0.4, 0.5) is 0 Å². The van der Waals surface area contributed by atoms with Crippen LogP contribution in [0.3, 0.4) is 0 Å². The van der Waals surface area contributed by atoms with E-state index in [0.29, 0.717) is 6.10 Å². The Morgan fingerprint density at radius 3 is 2.64 bits per heavy atom. The van der Waals surface area contributed by atoms with Gasteiger partial charge in [0.2, 0.25) is 8.32 Å². The summed E-state index contributed by atoms with van der Waals surface area (Å²) in [6.45, 7) is 6.32. The first-order valence-electron chi connectivity index (χ1n) is 3.89. The maximum atomic E-state index is 10.2. The van der Waals surface area contributed by atoms with E-state index in [1.807, 2.05) is 0 Å². The van der Waals surface area contributed by atoms with Crippen LogP contribution in [0.5, 0.6) is 0 Å². The summed E-state index contributed by atoms with van der Waals surface area (Å²) in [6, 6.07) is 0. The normalized spacial score (nSPS) is 32.6. The molecule has 0 amide bonds. The van der Waals surface area contributed by atoms with Crippen LogP contribution >= 0.6 is 0 Å². The zero-order chi connectivity index (χ0) is 8.48. The molecule has 1 fully saturated rings. The van der Waals surface area contributed by atoms with Crippen LogP contribution in [-0.2, 0) is 9.22 Å². The van der Waals surface area contributed by atoms with Crippen LogP contribution in [0.15, 0.2) is 11.3 Å². The monoisotopic (exact) mass is 170 g/mol. The first kappa shape index (κ1) is 8.68. The van der Waals surface area contributed by atoms with E-state index in [-0.39, 0.29) is 0 Å². The smallest absolute Gasteiger partial charge is 0.214 e. The molecule has 0 saturated carbocycles. The SMILES string of the molecule is CC1C/C(=C\C=O)[Si](C)(C)O1. The highest BCUT2D eigenvalue weighted by Crippen LogP contribution is 2.30. The fourth-order valence-corrected chi connectivity index (χ4v) is 4.02. The predicted octanol–water partition coefficient (Wildman–Crippen LogP) is 1.66. The number of carbonyl (C=O) groups is 1. The van der Waals surface area contributed by atoms with Crippen molar-refractivity contribution in [1.29, 1.82) is 0 Å². The van der Waals surface area contributed by atoms with Gasteiger partial charge in [-0.25, -0.2) is 0 Å². The first-order valence-corrected chi connectivity index (χ1v) is 6.79. The largest absolute Gasteiger partial charge is 0.410 e. The molecular formula is C8H14O2Si. The van der Waals surface area contributed by atoms with Gasteiger partial charge in [-0.05, 0) is 37.7 Å². The van der Waals surface area contributed by atoms with E-state index in [4.69, 9.17) is 4.43 Å². The van der Waals surface area contributed by atoms with Gasteiger partial charge in [-0.1, -0.05) is 0 Å². The summed E-state index contributed by atoms with van der Waals surface area (Å²) in [5.74, 6) is 0. The van der Waals surface area contributed by atoms with Crippen LogP contribution in [0.25, 0.3) is 0 Å². The van der Waals surface area contributed by atoms with Gasteiger partial charge in [-0.2, -0.15) is 0 Å². The summed E-state index contributed by atoms with van der Waals surface area (Å²) in [7, 11) is -1.62. The van der Waals surface area contributed by atoms with Gasteiger partial charge in [0.05, 0.1) is 0 Å². The Bertz CT molecular complexity index is 196. The molecule has 11 heavy (non-hydrogen) atoms. The van der Waals surface area contributed by atoms with E-state index >= 15 is 0 Å². The maximum absolute atomic E-state index is 10.2. The van der Waals surface area contributed by atoms with Crippen molar-refractivity contribution in [1.82, 2.24) is 0 Å². The van der Waals surface area contributed by atoms with Gasteiger partial charge < -0.3 is 4.43 Å². The minimum Gasteiger partial charge on any atom is -0.410 e. The van der Waals surface area contributed by atoms with Gasteiger partial charge in [-0.3, -0.25) is 4.79 Å². The lowest BCUT2D eigenvalue weighted by molar-refractivity contribution is -0.104. The Labute approximate surface area is 68.4 Å². The van der Waals surface area contributed by atoms with Gasteiger partial charge >= 0.3 is 0 Å². The average Bonchev–Trinajstić information content (AvgIpc) is 2.07. The molecule has 1 aliphatic heterocycles. The second-order valence-corrected chi connectivity index (χ2v) is 7.37. The summed E-state index contributed by atoms with van der Waals surface area (Å²) in [6.07, 6.45) is 3.79. The number of aldehydes is 1. The Balaban J connectivity index is 2.81. The lowest BCUT2D eigenvalue weighted by Gasteiger charge is -2.15. The lowest BCUT2D eigenvalue weighted by atomic mass is 10.3. The van der Waals surface area contributed by atoms with Crippen molar-refractivity contribution in [3.05, 3.63) is 11.3 Å². The van der Waals surface area contributed by atoms with E-state index < -0.39 is 8.32 Å². The molecule has 2 nitrogen and oxygen atoms in total. The number of hydrogen-bond donors (Lipinski definition) is 0. The van der Waals surface area contributed by atoms with Crippen LogP contribution < -0.4 is 0 Å². The molecule has 1 aliphatic rings. The molecule has 1 atom stereocenters. The fourth-order valence-electron chi connectivity index (χ4n) is 1.53. The third kappa shape index (κ3) is 1.78. The van der Waals surface area contributed by atoms with Gasteiger partial charge in [-0.15, -0.1) is 0 Å². The molecule has 0 N–H and O–H groups in total. The molecule has 1 heterocycles. The minimum atomic E-state index is -1.62. The topological polar surface area (TPSA) is 26.3 Å². The summed E-state index contributed by atoms with van der Waals surface area (Å²) in [5.41, 5.74) is 0. The molecule has 0 aromatic carbocycles.